The largest absolute Gasteiger partial charge is 0.368 e. The summed E-state index contributed by atoms with van der Waals surface area (Å²) in [6, 6.07) is 15.6. The Morgan fingerprint density at radius 3 is 2.22 bits per heavy atom. The van der Waals surface area contributed by atoms with E-state index in [1.807, 2.05) is 30.3 Å². The Morgan fingerprint density at radius 2 is 1.56 bits per heavy atom. The molecule has 2 N–H and O–H groups in total. The molecule has 1 fully saturated rings. The van der Waals surface area contributed by atoms with Gasteiger partial charge in [-0.3, -0.25) is 4.79 Å². The molecule has 1 saturated heterocycles. The average Bonchev–Trinajstić information content (AvgIpc) is 2.72. The number of urea groups is 1. The van der Waals surface area contributed by atoms with Crippen LogP contribution in [-0.2, 0) is 11.3 Å². The summed E-state index contributed by atoms with van der Waals surface area (Å²) < 4.78 is 13.0. The van der Waals surface area contributed by atoms with Gasteiger partial charge in [-0.2, -0.15) is 0 Å². The van der Waals surface area contributed by atoms with Gasteiger partial charge in [0.25, 0.3) is 0 Å². The van der Waals surface area contributed by atoms with Gasteiger partial charge in [0.2, 0.25) is 5.91 Å². The van der Waals surface area contributed by atoms with Crippen molar-refractivity contribution in [2.24, 2.45) is 0 Å². The van der Waals surface area contributed by atoms with Crippen LogP contribution < -0.4 is 15.5 Å². The smallest absolute Gasteiger partial charge is 0.315 e. The molecule has 0 saturated carbocycles. The molecule has 0 radical (unpaired) electrons. The maximum absolute atomic E-state index is 13.0. The minimum atomic E-state index is -0.364. The lowest BCUT2D eigenvalue weighted by Crippen LogP contribution is -2.52. The van der Waals surface area contributed by atoms with E-state index in [-0.39, 0.29) is 24.3 Å². The molecule has 2 aromatic carbocycles. The highest BCUT2D eigenvalue weighted by atomic mass is 19.1. The van der Waals surface area contributed by atoms with E-state index in [2.05, 4.69) is 15.5 Å². The van der Waals surface area contributed by atoms with Crippen molar-refractivity contribution in [2.45, 2.75) is 6.54 Å². The number of hydrogen-bond acceptors (Lipinski definition) is 3. The van der Waals surface area contributed by atoms with Gasteiger partial charge in [-0.25, -0.2) is 9.18 Å². The number of halogens is 1. The number of amides is 3. The van der Waals surface area contributed by atoms with Gasteiger partial charge < -0.3 is 20.4 Å². The predicted octanol–water partition coefficient (Wildman–Crippen LogP) is 1.97. The zero-order valence-corrected chi connectivity index (χ0v) is 15.0. The van der Waals surface area contributed by atoms with Gasteiger partial charge in [-0.05, 0) is 29.8 Å². The van der Waals surface area contributed by atoms with Crippen LogP contribution in [0.5, 0.6) is 0 Å². The number of carbonyl (C=O) groups excluding carboxylic acids is 2. The van der Waals surface area contributed by atoms with Crippen molar-refractivity contribution in [3.8, 4) is 0 Å². The number of anilines is 1. The standard InChI is InChI=1S/C20H23FN4O2/c21-17-6-8-18(9-7-17)24-10-12-25(13-11-24)19(26)15-23-20(27)22-14-16-4-2-1-3-5-16/h1-9H,10-15H2,(H2,22,23,27). The van der Waals surface area contributed by atoms with Crippen molar-refractivity contribution in [1.82, 2.24) is 15.5 Å². The Balaban J connectivity index is 1.38. The normalized spacial score (nSPS) is 14.0. The first kappa shape index (κ1) is 18.7. The molecule has 1 aliphatic rings. The summed E-state index contributed by atoms with van der Waals surface area (Å²) in [7, 11) is 0. The summed E-state index contributed by atoms with van der Waals surface area (Å²) in [5.74, 6) is -0.368. The first-order valence-electron chi connectivity index (χ1n) is 8.96. The third-order valence-electron chi connectivity index (χ3n) is 4.52. The molecule has 0 aliphatic carbocycles. The molecule has 142 valence electrons. The monoisotopic (exact) mass is 370 g/mol. The minimum Gasteiger partial charge on any atom is -0.368 e. The van der Waals surface area contributed by atoms with Crippen molar-refractivity contribution in [1.29, 1.82) is 0 Å². The fourth-order valence-corrected chi connectivity index (χ4v) is 2.97. The fourth-order valence-electron chi connectivity index (χ4n) is 2.97. The Morgan fingerprint density at radius 1 is 0.889 bits per heavy atom. The van der Waals surface area contributed by atoms with Gasteiger partial charge in [0, 0.05) is 38.4 Å². The van der Waals surface area contributed by atoms with Crippen LogP contribution in [0, 0.1) is 5.82 Å². The second-order valence-electron chi connectivity index (χ2n) is 6.37. The number of nitrogens with one attached hydrogen (secondary N) is 2. The van der Waals surface area contributed by atoms with Crippen molar-refractivity contribution in [3.63, 3.8) is 0 Å². The highest BCUT2D eigenvalue weighted by Gasteiger charge is 2.21. The molecule has 0 aromatic heterocycles. The molecule has 7 heteroatoms. The third-order valence-corrected chi connectivity index (χ3v) is 4.52. The number of benzene rings is 2. The zero-order chi connectivity index (χ0) is 19.1. The van der Waals surface area contributed by atoms with Crippen LogP contribution >= 0.6 is 0 Å². The van der Waals surface area contributed by atoms with E-state index in [9.17, 15) is 14.0 Å². The second kappa shape index (κ2) is 9.02. The molecule has 27 heavy (non-hydrogen) atoms. The molecule has 0 bridgehead atoms. The number of rotatable bonds is 5. The summed E-state index contributed by atoms with van der Waals surface area (Å²) in [5, 5.41) is 5.33. The van der Waals surface area contributed by atoms with Crippen LogP contribution in [0.15, 0.2) is 54.6 Å². The molecule has 3 rings (SSSR count). The molecule has 0 atom stereocenters. The maximum Gasteiger partial charge on any atom is 0.315 e. The van der Waals surface area contributed by atoms with Crippen LogP contribution in [-0.4, -0.2) is 49.6 Å². The van der Waals surface area contributed by atoms with E-state index < -0.39 is 0 Å². The van der Waals surface area contributed by atoms with Gasteiger partial charge in [-0.1, -0.05) is 30.3 Å². The number of piperazine rings is 1. The quantitative estimate of drug-likeness (QED) is 0.846. The van der Waals surface area contributed by atoms with Crippen LogP contribution in [0.4, 0.5) is 14.9 Å². The van der Waals surface area contributed by atoms with Crippen molar-refractivity contribution >= 4 is 17.6 Å². The molecular weight excluding hydrogens is 347 g/mol. The van der Waals surface area contributed by atoms with Crippen molar-refractivity contribution in [2.75, 3.05) is 37.6 Å². The SMILES string of the molecule is O=C(NCC(=O)N1CCN(c2ccc(F)cc2)CC1)NCc1ccccc1. The molecular formula is C20H23FN4O2. The lowest BCUT2D eigenvalue weighted by molar-refractivity contribution is -0.130. The van der Waals surface area contributed by atoms with Gasteiger partial charge in [0.05, 0.1) is 6.54 Å². The highest BCUT2D eigenvalue weighted by Crippen LogP contribution is 2.16. The summed E-state index contributed by atoms with van der Waals surface area (Å²) in [6.07, 6.45) is 0. The van der Waals surface area contributed by atoms with E-state index >= 15 is 0 Å². The van der Waals surface area contributed by atoms with Crippen LogP contribution in [0.2, 0.25) is 0 Å². The van der Waals surface area contributed by atoms with E-state index in [1.165, 1.54) is 12.1 Å². The zero-order valence-electron chi connectivity index (χ0n) is 15.0. The fraction of sp³-hybridized carbons (Fsp3) is 0.300. The van der Waals surface area contributed by atoms with Gasteiger partial charge in [-0.15, -0.1) is 0 Å². The Kier molecular flexibility index (Phi) is 6.25. The molecule has 0 unspecified atom stereocenters. The van der Waals surface area contributed by atoms with E-state index in [0.717, 1.165) is 11.3 Å². The van der Waals surface area contributed by atoms with Crippen LogP contribution in [0.25, 0.3) is 0 Å². The maximum atomic E-state index is 13.0. The number of hydrogen-bond donors (Lipinski definition) is 2. The van der Waals surface area contributed by atoms with E-state index in [1.54, 1.807) is 17.0 Å². The average molecular weight is 370 g/mol. The highest BCUT2D eigenvalue weighted by molar-refractivity contribution is 5.84. The van der Waals surface area contributed by atoms with E-state index in [0.29, 0.717) is 32.7 Å². The van der Waals surface area contributed by atoms with Crippen LogP contribution in [0.1, 0.15) is 5.56 Å². The Hall–Kier alpha value is -3.09. The van der Waals surface area contributed by atoms with Crippen molar-refractivity contribution in [3.05, 3.63) is 66.0 Å². The first-order valence-corrected chi connectivity index (χ1v) is 8.96. The summed E-state index contributed by atoms with van der Waals surface area (Å²) >= 11 is 0. The summed E-state index contributed by atoms with van der Waals surface area (Å²) in [4.78, 5) is 28.0. The Bertz CT molecular complexity index is 759. The molecule has 2 aromatic rings. The molecule has 3 amide bonds. The number of carbonyl (C=O) groups is 2. The molecule has 6 nitrogen and oxygen atoms in total. The molecule has 1 heterocycles. The summed E-state index contributed by atoms with van der Waals surface area (Å²) in [5.41, 5.74) is 1.94. The molecule has 0 spiro atoms. The van der Waals surface area contributed by atoms with Gasteiger partial charge in [0.15, 0.2) is 0 Å². The predicted molar refractivity (Wildman–Crippen MR) is 102 cm³/mol. The Labute approximate surface area is 158 Å². The van der Waals surface area contributed by atoms with Crippen molar-refractivity contribution < 1.29 is 14.0 Å². The van der Waals surface area contributed by atoms with Gasteiger partial charge in [0.1, 0.15) is 5.82 Å². The molecule has 1 aliphatic heterocycles. The first-order chi connectivity index (χ1) is 13.1. The van der Waals surface area contributed by atoms with Crippen LogP contribution in [0.3, 0.4) is 0 Å². The lowest BCUT2D eigenvalue weighted by atomic mass is 10.2. The topological polar surface area (TPSA) is 64.7 Å². The number of nitrogens with zero attached hydrogens (tertiary/aromatic N) is 2. The summed E-state index contributed by atoms with van der Waals surface area (Å²) in [6.45, 7) is 2.89. The minimum absolute atomic E-state index is 0.0306. The van der Waals surface area contributed by atoms with Gasteiger partial charge >= 0.3 is 6.03 Å². The third kappa shape index (κ3) is 5.44. The second-order valence-corrected chi connectivity index (χ2v) is 6.37. The van der Waals surface area contributed by atoms with E-state index in [4.69, 9.17) is 0 Å². The lowest BCUT2D eigenvalue weighted by Gasteiger charge is -2.36.